The molecule has 0 aliphatic heterocycles. The van der Waals surface area contributed by atoms with Crippen molar-refractivity contribution in [2.24, 2.45) is 17.6 Å². The highest BCUT2D eigenvalue weighted by Crippen LogP contribution is 2.32. The summed E-state index contributed by atoms with van der Waals surface area (Å²) in [6, 6.07) is 6.88. The van der Waals surface area contributed by atoms with Crippen molar-refractivity contribution in [1.82, 2.24) is 5.32 Å². The van der Waals surface area contributed by atoms with E-state index in [-0.39, 0.29) is 36.2 Å². The monoisotopic (exact) mass is 340 g/mol. The predicted octanol–water partition coefficient (Wildman–Crippen LogP) is 2.56. The van der Waals surface area contributed by atoms with E-state index in [1.54, 1.807) is 18.2 Å². The first-order valence-corrected chi connectivity index (χ1v) is 7.80. The van der Waals surface area contributed by atoms with Crippen LogP contribution in [0.15, 0.2) is 24.3 Å². The van der Waals surface area contributed by atoms with Crippen LogP contribution in [-0.4, -0.2) is 25.0 Å². The van der Waals surface area contributed by atoms with E-state index in [1.165, 1.54) is 0 Å². The summed E-state index contributed by atoms with van der Waals surface area (Å²) in [4.78, 5) is 23.9. The van der Waals surface area contributed by atoms with E-state index in [1.807, 2.05) is 13.0 Å². The predicted molar refractivity (Wildman–Crippen MR) is 94.9 cm³/mol. The molecular formula is C16H25ClN4O2. The molecule has 1 aliphatic rings. The Bertz CT molecular complexity index is 539. The zero-order valence-corrected chi connectivity index (χ0v) is 14.1. The molecule has 3 amide bonds. The SMILES string of the molecule is CCNC(=O)Nc1cccc(NC(=O)[C@@H]2CCC[C@@H]2CN)c1.Cl. The lowest BCUT2D eigenvalue weighted by molar-refractivity contribution is -0.120. The van der Waals surface area contributed by atoms with Crippen LogP contribution in [0.1, 0.15) is 26.2 Å². The minimum absolute atomic E-state index is 0. The van der Waals surface area contributed by atoms with Crippen LogP contribution in [-0.2, 0) is 4.79 Å². The van der Waals surface area contributed by atoms with Crippen molar-refractivity contribution in [3.8, 4) is 0 Å². The van der Waals surface area contributed by atoms with Gasteiger partial charge >= 0.3 is 6.03 Å². The van der Waals surface area contributed by atoms with Crippen LogP contribution in [0, 0.1) is 11.8 Å². The summed E-state index contributed by atoms with van der Waals surface area (Å²) in [6.45, 7) is 2.97. The van der Waals surface area contributed by atoms with Crippen molar-refractivity contribution >= 4 is 35.7 Å². The Balaban J connectivity index is 0.00000264. The second-order valence-corrected chi connectivity index (χ2v) is 5.59. The van der Waals surface area contributed by atoms with E-state index in [4.69, 9.17) is 5.73 Å². The van der Waals surface area contributed by atoms with Crippen molar-refractivity contribution in [3.63, 3.8) is 0 Å². The molecule has 2 rings (SSSR count). The third-order valence-corrected chi connectivity index (χ3v) is 4.02. The van der Waals surface area contributed by atoms with E-state index in [0.29, 0.717) is 24.5 Å². The van der Waals surface area contributed by atoms with Gasteiger partial charge in [-0.1, -0.05) is 12.5 Å². The molecule has 1 aromatic carbocycles. The molecule has 0 saturated heterocycles. The van der Waals surface area contributed by atoms with E-state index >= 15 is 0 Å². The average molecular weight is 341 g/mol. The number of rotatable bonds is 5. The first-order chi connectivity index (χ1) is 10.6. The fourth-order valence-electron chi connectivity index (χ4n) is 2.91. The van der Waals surface area contributed by atoms with Crippen LogP contribution >= 0.6 is 12.4 Å². The van der Waals surface area contributed by atoms with Gasteiger partial charge < -0.3 is 21.7 Å². The first-order valence-electron chi connectivity index (χ1n) is 7.80. The van der Waals surface area contributed by atoms with E-state index in [9.17, 15) is 9.59 Å². The molecule has 1 fully saturated rings. The third kappa shape index (κ3) is 5.41. The van der Waals surface area contributed by atoms with E-state index < -0.39 is 0 Å². The van der Waals surface area contributed by atoms with Gasteiger partial charge in [-0.2, -0.15) is 0 Å². The second kappa shape index (κ2) is 9.37. The Hall–Kier alpha value is -1.79. The summed E-state index contributed by atoms with van der Waals surface area (Å²) in [5.41, 5.74) is 7.05. The van der Waals surface area contributed by atoms with Gasteiger partial charge in [0.15, 0.2) is 0 Å². The lowest BCUT2D eigenvalue weighted by Gasteiger charge is -2.17. The van der Waals surface area contributed by atoms with Gasteiger partial charge in [-0.05, 0) is 50.4 Å². The number of amides is 3. The van der Waals surface area contributed by atoms with Gasteiger partial charge in [0.05, 0.1) is 0 Å². The molecule has 0 aromatic heterocycles. The van der Waals surface area contributed by atoms with Crippen LogP contribution in [0.3, 0.4) is 0 Å². The van der Waals surface area contributed by atoms with Gasteiger partial charge in [0.2, 0.25) is 5.91 Å². The Morgan fingerprint density at radius 3 is 2.57 bits per heavy atom. The van der Waals surface area contributed by atoms with Gasteiger partial charge in [0.1, 0.15) is 0 Å². The molecular weight excluding hydrogens is 316 g/mol. The van der Waals surface area contributed by atoms with Gasteiger partial charge in [-0.3, -0.25) is 4.79 Å². The number of urea groups is 1. The second-order valence-electron chi connectivity index (χ2n) is 5.59. The molecule has 0 radical (unpaired) electrons. The third-order valence-electron chi connectivity index (χ3n) is 4.02. The number of anilines is 2. The average Bonchev–Trinajstić information content (AvgIpc) is 2.96. The van der Waals surface area contributed by atoms with Gasteiger partial charge in [-0.25, -0.2) is 4.79 Å². The van der Waals surface area contributed by atoms with Gasteiger partial charge in [0, 0.05) is 23.8 Å². The lowest BCUT2D eigenvalue weighted by Crippen LogP contribution is -2.30. The highest BCUT2D eigenvalue weighted by molar-refractivity contribution is 5.94. The number of benzene rings is 1. The number of halogens is 1. The molecule has 1 saturated carbocycles. The normalized spacial score (nSPS) is 19.6. The number of hydrogen-bond acceptors (Lipinski definition) is 3. The Morgan fingerprint density at radius 1 is 1.22 bits per heavy atom. The number of nitrogens with two attached hydrogens (primary N) is 1. The Morgan fingerprint density at radius 2 is 1.91 bits per heavy atom. The quantitative estimate of drug-likeness (QED) is 0.663. The lowest BCUT2D eigenvalue weighted by atomic mass is 9.95. The fraction of sp³-hybridized carbons (Fsp3) is 0.500. The topological polar surface area (TPSA) is 96.2 Å². The summed E-state index contributed by atoms with van der Waals surface area (Å²) < 4.78 is 0. The summed E-state index contributed by atoms with van der Waals surface area (Å²) in [5.74, 6) is 0.282. The Kier molecular flexibility index (Phi) is 7.85. The molecule has 128 valence electrons. The minimum atomic E-state index is -0.259. The summed E-state index contributed by atoms with van der Waals surface area (Å²) in [7, 11) is 0. The van der Waals surface area contributed by atoms with Crippen LogP contribution < -0.4 is 21.7 Å². The molecule has 5 N–H and O–H groups in total. The zero-order chi connectivity index (χ0) is 15.9. The molecule has 0 unspecified atom stereocenters. The van der Waals surface area contributed by atoms with Crippen molar-refractivity contribution in [2.75, 3.05) is 23.7 Å². The van der Waals surface area contributed by atoms with E-state index in [2.05, 4.69) is 16.0 Å². The summed E-state index contributed by atoms with van der Waals surface area (Å²) in [5, 5.41) is 8.31. The van der Waals surface area contributed by atoms with Gasteiger partial charge in [0.25, 0.3) is 0 Å². The van der Waals surface area contributed by atoms with Crippen LogP contribution in [0.4, 0.5) is 16.2 Å². The van der Waals surface area contributed by atoms with Gasteiger partial charge in [-0.15, -0.1) is 12.4 Å². The first kappa shape index (κ1) is 19.3. The van der Waals surface area contributed by atoms with Crippen molar-refractivity contribution in [2.45, 2.75) is 26.2 Å². The van der Waals surface area contributed by atoms with Crippen molar-refractivity contribution in [3.05, 3.63) is 24.3 Å². The molecule has 0 heterocycles. The number of carbonyl (C=O) groups excluding carboxylic acids is 2. The molecule has 6 nitrogen and oxygen atoms in total. The summed E-state index contributed by atoms with van der Waals surface area (Å²) in [6.07, 6.45) is 2.97. The maximum Gasteiger partial charge on any atom is 0.319 e. The number of hydrogen-bond donors (Lipinski definition) is 4. The minimum Gasteiger partial charge on any atom is -0.338 e. The number of nitrogens with one attached hydrogen (secondary N) is 3. The van der Waals surface area contributed by atoms with Crippen LogP contribution in [0.25, 0.3) is 0 Å². The molecule has 1 aromatic rings. The van der Waals surface area contributed by atoms with Crippen LogP contribution in [0.5, 0.6) is 0 Å². The molecule has 1 aliphatic carbocycles. The van der Waals surface area contributed by atoms with Crippen LogP contribution in [0.2, 0.25) is 0 Å². The maximum absolute atomic E-state index is 12.4. The van der Waals surface area contributed by atoms with E-state index in [0.717, 1.165) is 19.3 Å². The highest BCUT2D eigenvalue weighted by Gasteiger charge is 2.31. The maximum atomic E-state index is 12.4. The molecule has 23 heavy (non-hydrogen) atoms. The zero-order valence-electron chi connectivity index (χ0n) is 13.3. The molecule has 7 heteroatoms. The van der Waals surface area contributed by atoms with Crippen molar-refractivity contribution < 1.29 is 9.59 Å². The molecule has 0 spiro atoms. The largest absolute Gasteiger partial charge is 0.338 e. The highest BCUT2D eigenvalue weighted by atomic mass is 35.5. The number of carbonyl (C=O) groups is 2. The fourth-order valence-corrected chi connectivity index (χ4v) is 2.91. The molecule has 0 bridgehead atoms. The molecule has 2 atom stereocenters. The smallest absolute Gasteiger partial charge is 0.319 e. The Labute approximate surface area is 143 Å². The summed E-state index contributed by atoms with van der Waals surface area (Å²) >= 11 is 0. The van der Waals surface area contributed by atoms with Crippen molar-refractivity contribution in [1.29, 1.82) is 0 Å². The standard InChI is InChI=1S/C16H24N4O2.ClH/c1-2-18-16(22)20-13-7-4-6-12(9-13)19-15(21)14-8-3-5-11(14)10-17;/h4,6-7,9,11,14H,2-3,5,8,10,17H2,1H3,(H,19,21)(H2,18,20,22);1H/t11-,14-;/m1./s1.